The lowest BCUT2D eigenvalue weighted by molar-refractivity contribution is 0.0505. The number of carbonyl (C=O) groups is 1. The minimum absolute atomic E-state index is 0. The SMILES string of the molecule is CCCOC(=O)c1ccc(C(C)N)cc1.Cl. The number of esters is 1. The second-order valence-corrected chi connectivity index (χ2v) is 3.55. The lowest BCUT2D eigenvalue weighted by Gasteiger charge is -2.06. The van der Waals surface area contributed by atoms with E-state index in [1.807, 2.05) is 26.0 Å². The predicted octanol–water partition coefficient (Wildman–Crippen LogP) is 2.69. The highest BCUT2D eigenvalue weighted by Gasteiger charge is 2.06. The van der Waals surface area contributed by atoms with Gasteiger partial charge in [-0.2, -0.15) is 0 Å². The Balaban J connectivity index is 0.00000225. The van der Waals surface area contributed by atoms with Crippen LogP contribution in [0.15, 0.2) is 24.3 Å². The Kier molecular flexibility index (Phi) is 6.77. The van der Waals surface area contributed by atoms with E-state index in [1.54, 1.807) is 12.1 Å². The molecule has 0 heterocycles. The minimum Gasteiger partial charge on any atom is -0.462 e. The molecule has 0 fully saturated rings. The molecule has 4 heteroatoms. The number of rotatable bonds is 4. The van der Waals surface area contributed by atoms with Gasteiger partial charge in [-0.1, -0.05) is 19.1 Å². The first-order chi connectivity index (χ1) is 7.15. The molecule has 1 aromatic carbocycles. The molecule has 0 amide bonds. The van der Waals surface area contributed by atoms with Gasteiger partial charge in [0.25, 0.3) is 0 Å². The molecular weight excluding hydrogens is 226 g/mol. The van der Waals surface area contributed by atoms with Crippen LogP contribution in [0.4, 0.5) is 0 Å². The number of ether oxygens (including phenoxy) is 1. The van der Waals surface area contributed by atoms with E-state index in [0.29, 0.717) is 12.2 Å². The number of hydrogen-bond acceptors (Lipinski definition) is 3. The molecule has 0 aliphatic rings. The Morgan fingerprint density at radius 1 is 1.38 bits per heavy atom. The minimum atomic E-state index is -0.270. The Bertz CT molecular complexity index is 322. The standard InChI is InChI=1S/C12H17NO2.ClH/c1-3-8-15-12(14)11-6-4-10(5-7-11)9(2)13;/h4-7,9H,3,8,13H2,1-2H3;1H. The first-order valence-electron chi connectivity index (χ1n) is 5.17. The molecule has 0 aliphatic carbocycles. The van der Waals surface area contributed by atoms with Crippen molar-refractivity contribution in [2.75, 3.05) is 6.61 Å². The maximum Gasteiger partial charge on any atom is 0.338 e. The molecule has 16 heavy (non-hydrogen) atoms. The van der Waals surface area contributed by atoms with Crippen LogP contribution in [0.1, 0.15) is 42.2 Å². The average Bonchev–Trinajstić information content (AvgIpc) is 2.26. The molecule has 0 aromatic heterocycles. The fourth-order valence-electron chi connectivity index (χ4n) is 1.20. The summed E-state index contributed by atoms with van der Waals surface area (Å²) >= 11 is 0. The zero-order valence-corrected chi connectivity index (χ0v) is 10.4. The van der Waals surface area contributed by atoms with Gasteiger partial charge < -0.3 is 10.5 Å². The van der Waals surface area contributed by atoms with Gasteiger partial charge in [0.15, 0.2) is 0 Å². The fraction of sp³-hybridized carbons (Fsp3) is 0.417. The van der Waals surface area contributed by atoms with Crippen LogP contribution < -0.4 is 5.73 Å². The average molecular weight is 244 g/mol. The number of hydrogen-bond donors (Lipinski definition) is 1. The topological polar surface area (TPSA) is 52.3 Å². The van der Waals surface area contributed by atoms with Crippen molar-refractivity contribution in [3.05, 3.63) is 35.4 Å². The van der Waals surface area contributed by atoms with E-state index in [9.17, 15) is 4.79 Å². The molecule has 90 valence electrons. The van der Waals surface area contributed by atoms with Gasteiger partial charge in [-0.05, 0) is 31.0 Å². The van der Waals surface area contributed by atoms with Gasteiger partial charge in [-0.15, -0.1) is 12.4 Å². The Labute approximate surface area is 102 Å². The third kappa shape index (κ3) is 4.21. The highest BCUT2D eigenvalue weighted by atomic mass is 35.5. The molecule has 0 bridgehead atoms. The first-order valence-corrected chi connectivity index (χ1v) is 5.17. The molecule has 0 saturated carbocycles. The van der Waals surface area contributed by atoms with Crippen molar-refractivity contribution in [2.24, 2.45) is 5.73 Å². The Morgan fingerprint density at radius 3 is 2.38 bits per heavy atom. The van der Waals surface area contributed by atoms with Gasteiger partial charge in [0.1, 0.15) is 0 Å². The molecule has 1 unspecified atom stereocenters. The summed E-state index contributed by atoms with van der Waals surface area (Å²) in [4.78, 5) is 11.4. The highest BCUT2D eigenvalue weighted by molar-refractivity contribution is 5.89. The van der Waals surface area contributed by atoms with Crippen LogP contribution in [-0.4, -0.2) is 12.6 Å². The zero-order valence-electron chi connectivity index (χ0n) is 9.60. The number of carbonyl (C=O) groups excluding carboxylic acids is 1. The summed E-state index contributed by atoms with van der Waals surface area (Å²) in [6, 6.07) is 7.19. The van der Waals surface area contributed by atoms with Crippen LogP contribution in [0.25, 0.3) is 0 Å². The molecule has 2 N–H and O–H groups in total. The second-order valence-electron chi connectivity index (χ2n) is 3.55. The summed E-state index contributed by atoms with van der Waals surface area (Å²) in [7, 11) is 0. The number of benzene rings is 1. The largest absolute Gasteiger partial charge is 0.462 e. The Morgan fingerprint density at radius 2 is 1.94 bits per heavy atom. The van der Waals surface area contributed by atoms with E-state index in [1.165, 1.54) is 0 Å². The summed E-state index contributed by atoms with van der Waals surface area (Å²) in [5.74, 6) is -0.270. The van der Waals surface area contributed by atoms with E-state index < -0.39 is 0 Å². The second kappa shape index (κ2) is 7.25. The lowest BCUT2D eigenvalue weighted by atomic mass is 10.1. The van der Waals surface area contributed by atoms with Gasteiger partial charge in [0.05, 0.1) is 12.2 Å². The van der Waals surface area contributed by atoms with Crippen molar-refractivity contribution < 1.29 is 9.53 Å². The molecule has 0 aliphatic heterocycles. The van der Waals surface area contributed by atoms with Crippen LogP contribution in [0, 0.1) is 0 Å². The number of nitrogens with two attached hydrogens (primary N) is 1. The van der Waals surface area contributed by atoms with Gasteiger partial charge in [-0.3, -0.25) is 0 Å². The van der Waals surface area contributed by atoms with Crippen LogP contribution >= 0.6 is 12.4 Å². The quantitative estimate of drug-likeness (QED) is 0.828. The van der Waals surface area contributed by atoms with Crippen molar-refractivity contribution in [1.29, 1.82) is 0 Å². The number of halogens is 1. The van der Waals surface area contributed by atoms with Crippen molar-refractivity contribution in [1.82, 2.24) is 0 Å². The summed E-state index contributed by atoms with van der Waals surface area (Å²) < 4.78 is 5.01. The smallest absolute Gasteiger partial charge is 0.338 e. The summed E-state index contributed by atoms with van der Waals surface area (Å²) in [6.45, 7) is 4.34. The molecule has 1 rings (SSSR count). The van der Waals surface area contributed by atoms with Gasteiger partial charge in [0, 0.05) is 6.04 Å². The van der Waals surface area contributed by atoms with Gasteiger partial charge in [-0.25, -0.2) is 4.79 Å². The van der Waals surface area contributed by atoms with Crippen molar-refractivity contribution in [2.45, 2.75) is 26.3 Å². The monoisotopic (exact) mass is 243 g/mol. The maximum absolute atomic E-state index is 11.4. The van der Waals surface area contributed by atoms with E-state index >= 15 is 0 Å². The molecule has 3 nitrogen and oxygen atoms in total. The molecule has 0 spiro atoms. The molecule has 1 aromatic rings. The van der Waals surface area contributed by atoms with E-state index in [0.717, 1.165) is 12.0 Å². The summed E-state index contributed by atoms with van der Waals surface area (Å²) in [6.07, 6.45) is 0.837. The van der Waals surface area contributed by atoms with E-state index in [-0.39, 0.29) is 24.4 Å². The lowest BCUT2D eigenvalue weighted by Crippen LogP contribution is -2.08. The molecule has 1 atom stereocenters. The van der Waals surface area contributed by atoms with Crippen LogP contribution in [0.3, 0.4) is 0 Å². The summed E-state index contributed by atoms with van der Waals surface area (Å²) in [5.41, 5.74) is 7.30. The van der Waals surface area contributed by atoms with Gasteiger partial charge in [0.2, 0.25) is 0 Å². The Hall–Kier alpha value is -1.06. The summed E-state index contributed by atoms with van der Waals surface area (Å²) in [5, 5.41) is 0. The third-order valence-corrected chi connectivity index (χ3v) is 2.11. The first kappa shape index (κ1) is 14.9. The van der Waals surface area contributed by atoms with Crippen LogP contribution in [0.2, 0.25) is 0 Å². The van der Waals surface area contributed by atoms with Crippen molar-refractivity contribution in [3.63, 3.8) is 0 Å². The fourth-order valence-corrected chi connectivity index (χ4v) is 1.20. The third-order valence-electron chi connectivity index (χ3n) is 2.11. The van der Waals surface area contributed by atoms with Crippen molar-refractivity contribution >= 4 is 18.4 Å². The van der Waals surface area contributed by atoms with Crippen LogP contribution in [0.5, 0.6) is 0 Å². The maximum atomic E-state index is 11.4. The van der Waals surface area contributed by atoms with E-state index in [4.69, 9.17) is 10.5 Å². The van der Waals surface area contributed by atoms with Crippen molar-refractivity contribution in [3.8, 4) is 0 Å². The van der Waals surface area contributed by atoms with Crippen LogP contribution in [-0.2, 0) is 4.74 Å². The normalized spacial score (nSPS) is 11.4. The highest BCUT2D eigenvalue weighted by Crippen LogP contribution is 2.11. The molecule has 0 radical (unpaired) electrons. The van der Waals surface area contributed by atoms with Gasteiger partial charge >= 0.3 is 5.97 Å². The molecular formula is C12H18ClNO2. The zero-order chi connectivity index (χ0) is 11.3. The molecule has 0 saturated heterocycles. The predicted molar refractivity (Wildman–Crippen MR) is 66.9 cm³/mol. The van der Waals surface area contributed by atoms with E-state index in [2.05, 4.69) is 0 Å².